The largest absolute Gasteiger partial charge is 0.369 e. The van der Waals surface area contributed by atoms with E-state index >= 15 is 0 Å². The Hall–Kier alpha value is -1.95. The fraction of sp³-hybridized carbons (Fsp3) is 0.267. The molecule has 0 aliphatic heterocycles. The van der Waals surface area contributed by atoms with E-state index in [2.05, 4.69) is 43.5 Å². The Labute approximate surface area is 132 Å². The number of anilines is 1. The van der Waals surface area contributed by atoms with E-state index in [1.165, 1.54) is 6.20 Å². The minimum atomic E-state index is -0.232. The predicted molar refractivity (Wildman–Crippen MR) is 86.1 cm³/mol. The van der Waals surface area contributed by atoms with Crippen LogP contribution in [0.2, 0.25) is 0 Å². The Bertz CT molecular complexity index is 601. The van der Waals surface area contributed by atoms with Gasteiger partial charge in [-0.15, -0.1) is 0 Å². The summed E-state index contributed by atoms with van der Waals surface area (Å²) in [6.07, 6.45) is 4.06. The second kappa shape index (κ2) is 7.73. The third-order valence-corrected chi connectivity index (χ3v) is 3.28. The zero-order chi connectivity index (χ0) is 15.1. The molecule has 0 saturated heterocycles. The Morgan fingerprint density at radius 1 is 1.29 bits per heavy atom. The molecule has 110 valence electrons. The summed E-state index contributed by atoms with van der Waals surface area (Å²) in [6, 6.07) is 7.79. The molecule has 1 heterocycles. The van der Waals surface area contributed by atoms with Gasteiger partial charge in [-0.25, -0.2) is 9.97 Å². The fourth-order valence-electron chi connectivity index (χ4n) is 1.71. The van der Waals surface area contributed by atoms with Crippen LogP contribution < -0.4 is 10.6 Å². The van der Waals surface area contributed by atoms with Gasteiger partial charge in [0.05, 0.1) is 12.4 Å². The Morgan fingerprint density at radius 3 is 2.81 bits per heavy atom. The second-order valence-corrected chi connectivity index (χ2v) is 5.44. The van der Waals surface area contributed by atoms with Crippen molar-refractivity contribution in [3.8, 4) is 0 Å². The highest BCUT2D eigenvalue weighted by Crippen LogP contribution is 2.11. The highest BCUT2D eigenvalue weighted by Gasteiger charge is 2.07. The normalized spacial score (nSPS) is 10.2. The van der Waals surface area contributed by atoms with Gasteiger partial charge in [-0.1, -0.05) is 35.0 Å². The van der Waals surface area contributed by atoms with E-state index in [4.69, 9.17) is 0 Å². The van der Waals surface area contributed by atoms with Crippen LogP contribution in [0.15, 0.2) is 41.1 Å². The first-order valence-corrected chi connectivity index (χ1v) is 7.57. The van der Waals surface area contributed by atoms with Gasteiger partial charge >= 0.3 is 0 Å². The summed E-state index contributed by atoms with van der Waals surface area (Å²) < 4.78 is 0.986. The van der Waals surface area contributed by atoms with Gasteiger partial charge in [0, 0.05) is 17.6 Å². The molecule has 6 heteroatoms. The van der Waals surface area contributed by atoms with Gasteiger partial charge in [0.1, 0.15) is 11.5 Å². The summed E-state index contributed by atoms with van der Waals surface area (Å²) >= 11 is 3.40. The van der Waals surface area contributed by atoms with E-state index < -0.39 is 0 Å². The molecule has 0 aliphatic carbocycles. The van der Waals surface area contributed by atoms with Crippen molar-refractivity contribution in [3.05, 3.63) is 52.4 Å². The van der Waals surface area contributed by atoms with Crippen molar-refractivity contribution < 1.29 is 4.79 Å². The number of hydrogen-bond donors (Lipinski definition) is 2. The van der Waals surface area contributed by atoms with Crippen LogP contribution in [-0.4, -0.2) is 22.4 Å². The van der Waals surface area contributed by atoms with Gasteiger partial charge < -0.3 is 10.6 Å². The van der Waals surface area contributed by atoms with E-state index in [9.17, 15) is 4.79 Å². The lowest BCUT2D eigenvalue weighted by Gasteiger charge is -2.06. The zero-order valence-corrected chi connectivity index (χ0v) is 13.4. The monoisotopic (exact) mass is 348 g/mol. The lowest BCUT2D eigenvalue weighted by Crippen LogP contribution is -2.24. The van der Waals surface area contributed by atoms with Gasteiger partial charge in [-0.3, -0.25) is 4.79 Å². The molecule has 2 aromatic rings. The summed E-state index contributed by atoms with van der Waals surface area (Å²) in [6.45, 7) is 3.36. The van der Waals surface area contributed by atoms with Crippen LogP contribution in [0.1, 0.15) is 29.4 Å². The first-order chi connectivity index (χ1) is 10.2. The smallest absolute Gasteiger partial charge is 0.271 e. The molecular formula is C15H17BrN4O. The maximum absolute atomic E-state index is 12.0. The number of nitrogens with one attached hydrogen (secondary N) is 2. The van der Waals surface area contributed by atoms with Gasteiger partial charge in [0.25, 0.3) is 5.91 Å². The molecule has 0 saturated carbocycles. The Balaban J connectivity index is 1.91. The van der Waals surface area contributed by atoms with Crippen molar-refractivity contribution >= 4 is 27.7 Å². The van der Waals surface area contributed by atoms with Crippen molar-refractivity contribution in [2.75, 3.05) is 11.9 Å². The Kier molecular flexibility index (Phi) is 5.68. The maximum atomic E-state index is 12.0. The average Bonchev–Trinajstić information content (AvgIpc) is 2.51. The van der Waals surface area contributed by atoms with Crippen LogP contribution in [0.4, 0.5) is 5.82 Å². The lowest BCUT2D eigenvalue weighted by atomic mass is 10.2. The van der Waals surface area contributed by atoms with Crippen LogP contribution >= 0.6 is 15.9 Å². The van der Waals surface area contributed by atoms with E-state index in [1.807, 2.05) is 24.3 Å². The molecule has 2 N–H and O–H groups in total. The molecular weight excluding hydrogens is 332 g/mol. The molecule has 5 nitrogen and oxygen atoms in total. The topological polar surface area (TPSA) is 66.9 Å². The number of rotatable bonds is 6. The lowest BCUT2D eigenvalue weighted by molar-refractivity contribution is 0.0945. The van der Waals surface area contributed by atoms with Crippen LogP contribution in [-0.2, 0) is 6.54 Å². The number of aromatic nitrogens is 2. The molecule has 1 aromatic carbocycles. The molecule has 2 rings (SSSR count). The Morgan fingerprint density at radius 2 is 2.14 bits per heavy atom. The second-order valence-electron chi connectivity index (χ2n) is 4.53. The first-order valence-electron chi connectivity index (χ1n) is 6.77. The van der Waals surface area contributed by atoms with Crippen molar-refractivity contribution in [2.45, 2.75) is 19.9 Å². The quantitative estimate of drug-likeness (QED) is 0.841. The van der Waals surface area contributed by atoms with Crippen molar-refractivity contribution in [3.63, 3.8) is 0 Å². The van der Waals surface area contributed by atoms with E-state index in [0.29, 0.717) is 18.1 Å². The number of amides is 1. The van der Waals surface area contributed by atoms with E-state index in [0.717, 1.165) is 23.0 Å². The maximum Gasteiger partial charge on any atom is 0.271 e. The number of carbonyl (C=O) groups excluding carboxylic acids is 1. The van der Waals surface area contributed by atoms with Crippen LogP contribution in [0.25, 0.3) is 0 Å². The van der Waals surface area contributed by atoms with Crippen molar-refractivity contribution in [1.82, 2.24) is 15.3 Å². The van der Waals surface area contributed by atoms with E-state index in [-0.39, 0.29) is 5.91 Å². The van der Waals surface area contributed by atoms with Gasteiger partial charge in [0.15, 0.2) is 0 Å². The number of hydrogen-bond acceptors (Lipinski definition) is 4. The molecule has 0 unspecified atom stereocenters. The minimum absolute atomic E-state index is 0.232. The molecule has 0 aliphatic rings. The highest BCUT2D eigenvalue weighted by molar-refractivity contribution is 9.10. The summed E-state index contributed by atoms with van der Waals surface area (Å²) in [7, 11) is 0. The molecule has 0 fully saturated rings. The zero-order valence-electron chi connectivity index (χ0n) is 11.8. The van der Waals surface area contributed by atoms with Gasteiger partial charge in [-0.05, 0) is 24.1 Å². The highest BCUT2D eigenvalue weighted by atomic mass is 79.9. The molecule has 0 radical (unpaired) electrons. The van der Waals surface area contributed by atoms with E-state index in [1.54, 1.807) is 6.20 Å². The average molecular weight is 349 g/mol. The minimum Gasteiger partial charge on any atom is -0.369 e. The number of halogens is 1. The van der Waals surface area contributed by atoms with Crippen LogP contribution in [0, 0.1) is 0 Å². The first kappa shape index (κ1) is 15.4. The summed E-state index contributed by atoms with van der Waals surface area (Å²) in [4.78, 5) is 20.3. The third kappa shape index (κ3) is 4.82. The SMILES string of the molecule is CCCNc1cnc(C(=O)NCc2cccc(Br)c2)cn1. The predicted octanol–water partition coefficient (Wildman–Crippen LogP) is 2.99. The van der Waals surface area contributed by atoms with Crippen molar-refractivity contribution in [2.24, 2.45) is 0 Å². The number of nitrogens with zero attached hydrogens (tertiary/aromatic N) is 2. The standard InChI is InChI=1S/C15H17BrN4O/c1-2-6-17-14-10-18-13(9-19-14)15(21)20-8-11-4-3-5-12(16)7-11/h3-5,7,9-10H,2,6,8H2,1H3,(H,17,19)(H,20,21). The summed E-state index contributed by atoms with van der Waals surface area (Å²) in [5, 5.41) is 5.94. The van der Waals surface area contributed by atoms with Crippen LogP contribution in [0.5, 0.6) is 0 Å². The molecule has 0 atom stereocenters. The number of carbonyl (C=O) groups is 1. The summed E-state index contributed by atoms with van der Waals surface area (Å²) in [5.74, 6) is 0.449. The van der Waals surface area contributed by atoms with Crippen LogP contribution in [0.3, 0.4) is 0 Å². The molecule has 0 spiro atoms. The molecule has 1 amide bonds. The molecule has 21 heavy (non-hydrogen) atoms. The van der Waals surface area contributed by atoms with Crippen molar-refractivity contribution in [1.29, 1.82) is 0 Å². The van der Waals surface area contributed by atoms with Gasteiger partial charge in [0.2, 0.25) is 0 Å². The fourth-order valence-corrected chi connectivity index (χ4v) is 2.16. The summed E-state index contributed by atoms with van der Waals surface area (Å²) in [5.41, 5.74) is 1.33. The third-order valence-electron chi connectivity index (χ3n) is 2.78. The van der Waals surface area contributed by atoms with Gasteiger partial charge in [-0.2, -0.15) is 0 Å². The number of benzene rings is 1. The molecule has 1 aromatic heterocycles. The molecule has 0 bridgehead atoms.